The van der Waals surface area contributed by atoms with Gasteiger partial charge in [-0.25, -0.2) is 0 Å². The monoisotopic (exact) mass is 582 g/mol. The quantitative estimate of drug-likeness (QED) is 0.144. The summed E-state index contributed by atoms with van der Waals surface area (Å²) in [7, 11) is -4.21. The van der Waals surface area contributed by atoms with Crippen LogP contribution in [0, 0.1) is 0 Å². The lowest BCUT2D eigenvalue weighted by Gasteiger charge is -2.35. The molecular weight excluding hydrogens is 528 g/mol. The van der Waals surface area contributed by atoms with Gasteiger partial charge in [0.05, 0.1) is 66.1 Å². The number of ether oxygens (including phenoxy) is 6. The lowest BCUT2D eigenvalue weighted by atomic mass is 10.2. The Hall–Kier alpha value is -0.866. The second-order valence-electron chi connectivity index (χ2n) is 12.0. The van der Waals surface area contributed by atoms with Gasteiger partial charge in [-0.15, -0.1) is 0 Å². The van der Waals surface area contributed by atoms with Crippen LogP contribution in [0.15, 0.2) is 0 Å². The molecule has 0 radical (unpaired) electrons. The largest absolute Gasteiger partial charge is 0.517 e. The Labute approximate surface area is 232 Å². The lowest BCUT2D eigenvalue weighted by Crippen LogP contribution is -2.43. The molecule has 0 bridgehead atoms. The number of hydrogen-bond acceptors (Lipinski definition) is 10. The van der Waals surface area contributed by atoms with Crippen LogP contribution in [-0.4, -0.2) is 108 Å². The van der Waals surface area contributed by atoms with Gasteiger partial charge in [0.1, 0.15) is 13.2 Å². The molecule has 10 nitrogen and oxygen atoms in total. The van der Waals surface area contributed by atoms with E-state index in [0.29, 0.717) is 66.1 Å². The molecule has 0 atom stereocenters. The minimum absolute atomic E-state index is 0.0234. The lowest BCUT2D eigenvalue weighted by molar-refractivity contribution is -0.142. The van der Waals surface area contributed by atoms with Gasteiger partial charge in [0.2, 0.25) is 0 Å². The van der Waals surface area contributed by atoms with Crippen LogP contribution in [0.2, 0.25) is 36.3 Å². The molecular formula is C26H54O10Si2. The Balaban J connectivity index is 3.45. The maximum absolute atomic E-state index is 11.9. The molecule has 0 N–H and O–H groups in total. The van der Waals surface area contributed by atoms with Crippen molar-refractivity contribution in [3.05, 3.63) is 0 Å². The summed E-state index contributed by atoms with van der Waals surface area (Å²) in [5, 5.41) is -0.0467. The second-order valence-corrected chi connectivity index (χ2v) is 21.5. The Kier molecular flexibility index (Phi) is 18.1. The van der Waals surface area contributed by atoms with Crippen molar-refractivity contribution >= 4 is 28.6 Å². The zero-order valence-electron chi connectivity index (χ0n) is 25.6. The average Bonchev–Trinajstić information content (AvgIpc) is 2.76. The fourth-order valence-electron chi connectivity index (χ4n) is 2.24. The number of rotatable bonds is 21. The third kappa shape index (κ3) is 17.7. The molecule has 0 saturated heterocycles. The molecule has 12 heteroatoms. The molecule has 0 aliphatic carbocycles. The highest BCUT2D eigenvalue weighted by atomic mass is 28.4. The molecule has 0 saturated carbocycles. The van der Waals surface area contributed by atoms with Gasteiger partial charge < -0.3 is 37.3 Å². The molecule has 0 heterocycles. The maximum atomic E-state index is 11.9. The Bertz CT molecular complexity index is 601. The van der Waals surface area contributed by atoms with E-state index in [1.54, 1.807) is 0 Å². The smallest absolute Gasteiger partial charge is 0.318 e. The standard InChI is InChI=1S/C26H54O10Si2/c1-25(2,3)37(7,8)35-23(27)21-33-19-17-31-15-13-29-11-12-30-14-16-32-18-20-34-22-24(28)36-38(9,10)26(4,5)6/h11-22H2,1-10H3. The molecule has 226 valence electrons. The molecule has 0 aromatic carbocycles. The van der Waals surface area contributed by atoms with E-state index in [-0.39, 0.29) is 35.2 Å². The van der Waals surface area contributed by atoms with E-state index >= 15 is 0 Å². The van der Waals surface area contributed by atoms with Crippen LogP contribution in [0.25, 0.3) is 0 Å². The minimum atomic E-state index is -2.11. The van der Waals surface area contributed by atoms with Crippen molar-refractivity contribution in [2.45, 2.75) is 77.8 Å². The first-order valence-corrected chi connectivity index (χ1v) is 19.2. The summed E-state index contributed by atoms with van der Waals surface area (Å²) in [4.78, 5) is 23.9. The molecule has 0 aromatic heterocycles. The minimum Gasteiger partial charge on any atom is -0.517 e. The van der Waals surface area contributed by atoms with Crippen LogP contribution >= 0.6 is 0 Å². The molecule has 0 aliphatic rings. The summed E-state index contributed by atoms with van der Waals surface area (Å²) >= 11 is 0. The van der Waals surface area contributed by atoms with Crippen molar-refractivity contribution in [1.29, 1.82) is 0 Å². The third-order valence-corrected chi connectivity index (χ3v) is 15.4. The first-order chi connectivity index (χ1) is 17.5. The SMILES string of the molecule is CC(C)(C)[Si](C)(C)OC(=O)COCCOCCOCCOCCOCCOCC(=O)O[Si](C)(C)C(C)(C)C. The topological polar surface area (TPSA) is 108 Å². The summed E-state index contributed by atoms with van der Waals surface area (Å²) in [6, 6.07) is 0. The summed E-state index contributed by atoms with van der Waals surface area (Å²) in [5.41, 5.74) is 0. The fourth-order valence-corrected chi connectivity index (χ4v) is 4.11. The molecule has 0 spiro atoms. The Morgan fingerprint density at radius 3 is 0.868 bits per heavy atom. The van der Waals surface area contributed by atoms with E-state index < -0.39 is 16.6 Å². The van der Waals surface area contributed by atoms with Crippen molar-refractivity contribution in [1.82, 2.24) is 0 Å². The molecule has 0 aromatic rings. The fraction of sp³-hybridized carbons (Fsp3) is 0.923. The van der Waals surface area contributed by atoms with Gasteiger partial charge >= 0.3 is 11.9 Å². The first-order valence-electron chi connectivity index (χ1n) is 13.4. The van der Waals surface area contributed by atoms with Crippen molar-refractivity contribution in [2.75, 3.05) is 79.3 Å². The van der Waals surface area contributed by atoms with E-state index in [2.05, 4.69) is 41.5 Å². The van der Waals surface area contributed by atoms with Crippen LogP contribution in [-0.2, 0) is 46.9 Å². The Morgan fingerprint density at radius 1 is 0.447 bits per heavy atom. The maximum Gasteiger partial charge on any atom is 0.318 e. The summed E-state index contributed by atoms with van der Waals surface area (Å²) in [6.07, 6.45) is 0. The highest BCUT2D eigenvalue weighted by Gasteiger charge is 2.41. The van der Waals surface area contributed by atoms with Gasteiger partial charge in [0.15, 0.2) is 0 Å². The van der Waals surface area contributed by atoms with Gasteiger partial charge in [0, 0.05) is 0 Å². The Morgan fingerprint density at radius 2 is 0.658 bits per heavy atom. The summed E-state index contributed by atoms with van der Waals surface area (Å²) in [5.74, 6) is -0.643. The molecule has 0 rings (SSSR count). The van der Waals surface area contributed by atoms with Gasteiger partial charge in [-0.3, -0.25) is 9.59 Å². The zero-order chi connectivity index (χ0) is 29.3. The van der Waals surface area contributed by atoms with E-state index in [1.807, 2.05) is 26.2 Å². The molecule has 0 amide bonds. The predicted octanol–water partition coefficient (Wildman–Crippen LogP) is 4.18. The average molecular weight is 583 g/mol. The highest BCUT2D eigenvalue weighted by Crippen LogP contribution is 2.37. The van der Waals surface area contributed by atoms with Crippen molar-refractivity contribution in [3.63, 3.8) is 0 Å². The van der Waals surface area contributed by atoms with Crippen LogP contribution < -0.4 is 0 Å². The normalized spacial score (nSPS) is 13.0. The molecule has 38 heavy (non-hydrogen) atoms. The number of carbonyl (C=O) groups excluding carboxylic acids is 2. The van der Waals surface area contributed by atoms with Gasteiger partial charge in [0.25, 0.3) is 16.6 Å². The van der Waals surface area contributed by atoms with Gasteiger partial charge in [-0.1, -0.05) is 41.5 Å². The van der Waals surface area contributed by atoms with Crippen molar-refractivity contribution in [2.24, 2.45) is 0 Å². The third-order valence-electron chi connectivity index (χ3n) is 6.65. The second kappa shape index (κ2) is 18.5. The van der Waals surface area contributed by atoms with Gasteiger partial charge in [-0.05, 0) is 36.3 Å². The first kappa shape index (κ1) is 37.1. The van der Waals surface area contributed by atoms with E-state index in [0.717, 1.165) is 0 Å². The molecule has 0 unspecified atom stereocenters. The van der Waals surface area contributed by atoms with Crippen LogP contribution in [0.1, 0.15) is 41.5 Å². The van der Waals surface area contributed by atoms with Crippen molar-refractivity contribution < 1.29 is 46.9 Å². The zero-order valence-corrected chi connectivity index (χ0v) is 27.6. The number of hydrogen-bond donors (Lipinski definition) is 0. The number of carbonyl (C=O) groups is 2. The van der Waals surface area contributed by atoms with Crippen molar-refractivity contribution in [3.8, 4) is 0 Å². The van der Waals surface area contributed by atoms with Crippen LogP contribution in [0.4, 0.5) is 0 Å². The van der Waals surface area contributed by atoms with E-state index in [1.165, 1.54) is 0 Å². The highest BCUT2D eigenvalue weighted by molar-refractivity contribution is 6.75. The van der Waals surface area contributed by atoms with Gasteiger partial charge in [-0.2, -0.15) is 0 Å². The summed E-state index contributed by atoms with van der Waals surface area (Å²) in [6.45, 7) is 24.6. The van der Waals surface area contributed by atoms with E-state index in [4.69, 9.17) is 37.3 Å². The van der Waals surface area contributed by atoms with E-state index in [9.17, 15) is 9.59 Å². The predicted molar refractivity (Wildman–Crippen MR) is 151 cm³/mol. The van der Waals surface area contributed by atoms with Crippen LogP contribution in [0.5, 0.6) is 0 Å². The van der Waals surface area contributed by atoms with Crippen LogP contribution in [0.3, 0.4) is 0 Å². The molecule has 0 aliphatic heterocycles. The molecule has 0 fully saturated rings. The summed E-state index contributed by atoms with van der Waals surface area (Å²) < 4.78 is 43.7.